The lowest BCUT2D eigenvalue weighted by molar-refractivity contribution is -0.135. The van der Waals surface area contributed by atoms with Gasteiger partial charge in [0.15, 0.2) is 0 Å². The zero-order valence-electron chi connectivity index (χ0n) is 21.4. The highest BCUT2D eigenvalue weighted by Gasteiger charge is 2.41. The van der Waals surface area contributed by atoms with E-state index >= 15 is 0 Å². The molecule has 1 aliphatic heterocycles. The summed E-state index contributed by atoms with van der Waals surface area (Å²) in [5.41, 5.74) is 2.80. The molecule has 0 spiro atoms. The molecule has 38 heavy (non-hydrogen) atoms. The Labute approximate surface area is 237 Å². The number of amides is 2. The zero-order chi connectivity index (χ0) is 27.3. The Bertz CT molecular complexity index is 1360. The highest BCUT2D eigenvalue weighted by atomic mass is 127. The minimum absolute atomic E-state index is 0.0132. The third kappa shape index (κ3) is 6.72. The largest absolute Gasteiger partial charge is 0.378 e. The molecule has 1 N–H and O–H groups in total. The molecule has 0 bridgehead atoms. The van der Waals surface area contributed by atoms with E-state index < -0.39 is 22.0 Å². The van der Waals surface area contributed by atoms with Gasteiger partial charge >= 0.3 is 0 Å². The molecule has 1 fully saturated rings. The minimum atomic E-state index is -3.95. The van der Waals surface area contributed by atoms with Crippen LogP contribution in [0.1, 0.15) is 11.1 Å². The third-order valence-corrected chi connectivity index (χ3v) is 9.17. The van der Waals surface area contributed by atoms with Crippen molar-refractivity contribution in [2.45, 2.75) is 23.9 Å². The van der Waals surface area contributed by atoms with Crippen molar-refractivity contribution in [3.05, 3.63) is 93.6 Å². The van der Waals surface area contributed by atoms with Crippen LogP contribution in [-0.4, -0.2) is 69.2 Å². The minimum Gasteiger partial charge on any atom is -0.378 e. The molecule has 3 aromatic rings. The van der Waals surface area contributed by atoms with Crippen LogP contribution in [0.15, 0.2) is 83.8 Å². The van der Waals surface area contributed by atoms with Crippen LogP contribution in [0.3, 0.4) is 0 Å². The Hall–Kier alpha value is -2.96. The van der Waals surface area contributed by atoms with Gasteiger partial charge in [-0.1, -0.05) is 42.5 Å². The van der Waals surface area contributed by atoms with Gasteiger partial charge in [0, 0.05) is 49.5 Å². The van der Waals surface area contributed by atoms with Crippen molar-refractivity contribution in [3.63, 3.8) is 0 Å². The first-order valence-corrected chi connectivity index (χ1v) is 14.8. The molecule has 1 atom stereocenters. The Kier molecular flexibility index (Phi) is 9.06. The first-order chi connectivity index (χ1) is 18.1. The summed E-state index contributed by atoms with van der Waals surface area (Å²) >= 11 is 2.12. The summed E-state index contributed by atoms with van der Waals surface area (Å²) in [7, 11) is -0.0499. The number of benzene rings is 3. The number of sulfonamides is 1. The van der Waals surface area contributed by atoms with Crippen LogP contribution in [0.5, 0.6) is 0 Å². The van der Waals surface area contributed by atoms with Gasteiger partial charge in [0.1, 0.15) is 6.04 Å². The predicted octanol–water partition coefficient (Wildman–Crippen LogP) is 3.12. The van der Waals surface area contributed by atoms with Gasteiger partial charge in [0.25, 0.3) is 0 Å². The summed E-state index contributed by atoms with van der Waals surface area (Å²) in [5, 5.41) is 2.89. The van der Waals surface area contributed by atoms with Crippen molar-refractivity contribution in [2.24, 2.45) is 0 Å². The summed E-state index contributed by atoms with van der Waals surface area (Å²) in [5.74, 6) is -0.576. The topological polar surface area (TPSA) is 90.0 Å². The van der Waals surface area contributed by atoms with Crippen LogP contribution in [0.2, 0.25) is 0 Å². The van der Waals surface area contributed by atoms with Crippen LogP contribution < -0.4 is 10.2 Å². The number of rotatable bonds is 8. The molecule has 3 aromatic carbocycles. The number of carbonyl (C=O) groups is 2. The predicted molar refractivity (Wildman–Crippen MR) is 156 cm³/mol. The Morgan fingerprint density at radius 1 is 0.921 bits per heavy atom. The maximum atomic E-state index is 13.6. The zero-order valence-corrected chi connectivity index (χ0v) is 24.4. The molecular weight excluding hydrogens is 615 g/mol. The van der Waals surface area contributed by atoms with Gasteiger partial charge < -0.3 is 15.1 Å². The van der Waals surface area contributed by atoms with Crippen LogP contribution in [0.25, 0.3) is 0 Å². The van der Waals surface area contributed by atoms with Gasteiger partial charge in [-0.3, -0.25) is 9.59 Å². The van der Waals surface area contributed by atoms with Crippen molar-refractivity contribution < 1.29 is 18.0 Å². The van der Waals surface area contributed by atoms with Gasteiger partial charge in [0.05, 0.1) is 11.3 Å². The summed E-state index contributed by atoms with van der Waals surface area (Å²) in [6.07, 6.45) is 0.192. The quantitative estimate of drug-likeness (QED) is 0.380. The Morgan fingerprint density at radius 2 is 1.58 bits per heavy atom. The fourth-order valence-corrected chi connectivity index (χ4v) is 6.27. The number of anilines is 1. The molecule has 1 unspecified atom stereocenters. The monoisotopic (exact) mass is 646 g/mol. The molecule has 200 valence electrons. The smallest absolute Gasteiger partial charge is 0.243 e. The van der Waals surface area contributed by atoms with Gasteiger partial charge in [-0.25, -0.2) is 8.42 Å². The molecule has 0 radical (unpaired) electrons. The average Bonchev–Trinajstić information content (AvgIpc) is 2.92. The molecule has 0 saturated carbocycles. The number of halogens is 1. The standard InChI is InChI=1S/C28H31IN4O4S/c1-31(2)24-12-8-22(9-13-24)19-30-28(35)26-20-32(27(34)18-21-6-4-3-5-7-21)16-17-33(26)38(36,37)25-14-10-23(29)11-15-25/h3-15,26H,16-20H2,1-2H3,(H,30,35). The normalized spacial score (nSPS) is 16.2. The van der Waals surface area contributed by atoms with Gasteiger partial charge in [-0.15, -0.1) is 0 Å². The lowest BCUT2D eigenvalue weighted by atomic mass is 10.1. The maximum absolute atomic E-state index is 13.6. The molecule has 2 amide bonds. The van der Waals surface area contributed by atoms with Crippen molar-refractivity contribution in [1.29, 1.82) is 0 Å². The maximum Gasteiger partial charge on any atom is 0.243 e. The first-order valence-electron chi connectivity index (χ1n) is 12.3. The van der Waals surface area contributed by atoms with E-state index in [-0.39, 0.29) is 43.4 Å². The summed E-state index contributed by atoms with van der Waals surface area (Å²) in [6, 6.07) is 22.6. The lowest BCUT2D eigenvalue weighted by Crippen LogP contribution is -2.61. The Morgan fingerprint density at radius 3 is 2.21 bits per heavy atom. The number of carbonyl (C=O) groups excluding carboxylic acids is 2. The van der Waals surface area contributed by atoms with Crippen molar-refractivity contribution in [3.8, 4) is 0 Å². The second-order valence-corrected chi connectivity index (χ2v) is 12.5. The van der Waals surface area contributed by atoms with Crippen LogP contribution in [-0.2, 0) is 32.6 Å². The Balaban J connectivity index is 1.54. The second-order valence-electron chi connectivity index (χ2n) is 9.37. The van der Waals surface area contributed by atoms with E-state index in [4.69, 9.17) is 0 Å². The molecule has 4 rings (SSSR count). The molecule has 10 heteroatoms. The van der Waals surface area contributed by atoms with E-state index in [9.17, 15) is 18.0 Å². The number of piperazine rings is 1. The second kappa shape index (κ2) is 12.3. The van der Waals surface area contributed by atoms with E-state index in [0.717, 1.165) is 20.4 Å². The fourth-order valence-electron chi connectivity index (χ4n) is 4.34. The number of hydrogen-bond acceptors (Lipinski definition) is 5. The van der Waals surface area contributed by atoms with E-state index in [0.29, 0.717) is 0 Å². The third-order valence-electron chi connectivity index (χ3n) is 6.52. The van der Waals surface area contributed by atoms with Crippen LogP contribution >= 0.6 is 22.6 Å². The average molecular weight is 647 g/mol. The molecule has 1 heterocycles. The SMILES string of the molecule is CN(C)c1ccc(CNC(=O)C2CN(C(=O)Cc3ccccc3)CCN2S(=O)(=O)c2ccc(I)cc2)cc1. The lowest BCUT2D eigenvalue weighted by Gasteiger charge is -2.39. The number of nitrogens with zero attached hydrogens (tertiary/aromatic N) is 3. The first kappa shape index (κ1) is 28.1. The molecule has 0 aromatic heterocycles. The molecular formula is C28H31IN4O4S. The van der Waals surface area contributed by atoms with E-state index in [1.165, 1.54) is 4.31 Å². The van der Waals surface area contributed by atoms with Gasteiger partial charge in [-0.05, 0) is 70.1 Å². The van der Waals surface area contributed by atoms with E-state index in [2.05, 4.69) is 27.9 Å². The number of hydrogen-bond donors (Lipinski definition) is 1. The van der Waals surface area contributed by atoms with Gasteiger partial charge in [0.2, 0.25) is 21.8 Å². The van der Waals surface area contributed by atoms with Crippen molar-refractivity contribution in [2.75, 3.05) is 38.6 Å². The van der Waals surface area contributed by atoms with Crippen LogP contribution in [0.4, 0.5) is 5.69 Å². The molecule has 0 aliphatic carbocycles. The van der Waals surface area contributed by atoms with E-state index in [1.54, 1.807) is 29.2 Å². The molecule has 1 saturated heterocycles. The van der Waals surface area contributed by atoms with Crippen molar-refractivity contribution >= 4 is 50.1 Å². The summed E-state index contributed by atoms with van der Waals surface area (Å²) in [4.78, 5) is 30.2. The van der Waals surface area contributed by atoms with Crippen molar-refractivity contribution in [1.82, 2.24) is 14.5 Å². The summed E-state index contributed by atoms with van der Waals surface area (Å²) in [6.45, 7) is 0.481. The fraction of sp³-hybridized carbons (Fsp3) is 0.286. The highest BCUT2D eigenvalue weighted by Crippen LogP contribution is 2.23. The van der Waals surface area contributed by atoms with Gasteiger partial charge in [-0.2, -0.15) is 4.31 Å². The molecule has 1 aliphatic rings. The van der Waals surface area contributed by atoms with Crippen LogP contribution in [0, 0.1) is 3.57 Å². The van der Waals surface area contributed by atoms with E-state index in [1.807, 2.05) is 73.6 Å². The molecule has 8 nitrogen and oxygen atoms in total. The highest BCUT2D eigenvalue weighted by molar-refractivity contribution is 14.1. The number of nitrogens with one attached hydrogen (secondary N) is 1. The summed E-state index contributed by atoms with van der Waals surface area (Å²) < 4.78 is 29.3.